The van der Waals surface area contributed by atoms with Crippen molar-refractivity contribution < 1.29 is 0 Å². The lowest BCUT2D eigenvalue weighted by Crippen LogP contribution is -1.76. The Morgan fingerprint density at radius 3 is 0.925 bits per heavy atom. The fourth-order valence-electron chi connectivity index (χ4n) is 3.41. The molecule has 0 radical (unpaired) electrons. The molecule has 0 heteroatoms. The molecule has 0 saturated heterocycles. The second-order valence-electron chi connectivity index (χ2n) is 11.1. The number of hydrogen-bond donors (Lipinski definition) is 0. The zero-order chi connectivity index (χ0) is 30.2. The second kappa shape index (κ2) is 23.5. The molecule has 0 atom stereocenters. The molecule has 0 aromatic heterocycles. The zero-order valence-electron chi connectivity index (χ0n) is 27.2. The van der Waals surface area contributed by atoms with E-state index in [1.165, 1.54) is 44.6 Å². The average molecular weight is 537 g/mol. The van der Waals surface area contributed by atoms with Crippen molar-refractivity contribution >= 4 is 0 Å². The van der Waals surface area contributed by atoms with E-state index in [1.54, 1.807) is 0 Å². The van der Waals surface area contributed by atoms with Crippen molar-refractivity contribution in [3.8, 4) is 0 Å². The van der Waals surface area contributed by atoms with Crippen molar-refractivity contribution in [2.24, 2.45) is 0 Å². The maximum Gasteiger partial charge on any atom is -0.0285 e. The maximum absolute atomic E-state index is 2.30. The van der Waals surface area contributed by atoms with Gasteiger partial charge in [-0.05, 0) is 94.9 Å². The molecule has 0 rings (SSSR count). The second-order valence-corrected chi connectivity index (χ2v) is 11.1. The van der Waals surface area contributed by atoms with Gasteiger partial charge in [-0.1, -0.05) is 154 Å². The normalized spacial score (nSPS) is 15.1. The molecular formula is C40H56. The molecule has 0 heterocycles. The number of rotatable bonds is 16. The first kappa shape index (κ1) is 36.6. The van der Waals surface area contributed by atoms with E-state index in [-0.39, 0.29) is 0 Å². The Balaban J connectivity index is 4.70. The van der Waals surface area contributed by atoms with Crippen molar-refractivity contribution in [3.63, 3.8) is 0 Å². The van der Waals surface area contributed by atoms with Crippen LogP contribution in [0.1, 0.15) is 94.9 Å². The van der Waals surface area contributed by atoms with Gasteiger partial charge >= 0.3 is 0 Å². The first-order valence-corrected chi connectivity index (χ1v) is 14.7. The standard InChI is InChI=1S/C40H56/c1-33(2)19-13-23-37(7)27-17-31-39(9)29-15-25-35(5)21-11-12-22-36(6)26-16-30-40(10)32-18-28-38(8)24-14-20-34(3)4/h11-12,15-22,25-32H,13-14,23-24H2,1-10H3/b12-11-,25-15+,26-16+,31-17+,32-18+,35-21+,36-22+,37-27+,38-28+,39-29+,40-30+. The highest BCUT2D eigenvalue weighted by Gasteiger charge is 1.88. The summed E-state index contributed by atoms with van der Waals surface area (Å²) in [4.78, 5) is 0. The summed E-state index contributed by atoms with van der Waals surface area (Å²) in [5.41, 5.74) is 10.5. The highest BCUT2D eigenvalue weighted by Crippen LogP contribution is 2.09. The van der Waals surface area contributed by atoms with E-state index in [2.05, 4.69) is 179 Å². The van der Waals surface area contributed by atoms with Crippen LogP contribution in [0.3, 0.4) is 0 Å². The lowest BCUT2D eigenvalue weighted by atomic mass is 10.1. The van der Waals surface area contributed by atoms with E-state index in [9.17, 15) is 0 Å². The van der Waals surface area contributed by atoms with E-state index in [0.29, 0.717) is 0 Å². The SMILES string of the molecule is CC(C)=CCC/C(C)=C/C=C/C(C)=C/C=C/C(C)=C/C=C\C=C(C)\C=C\C=C(C)\C=C\C=C(/C)CCC=C(C)C. The molecule has 216 valence electrons. The fourth-order valence-corrected chi connectivity index (χ4v) is 3.41. The van der Waals surface area contributed by atoms with Crippen molar-refractivity contribution in [1.29, 1.82) is 0 Å². The summed E-state index contributed by atoms with van der Waals surface area (Å²) in [5.74, 6) is 0. The van der Waals surface area contributed by atoms with Crippen LogP contribution < -0.4 is 0 Å². The monoisotopic (exact) mass is 536 g/mol. The van der Waals surface area contributed by atoms with Gasteiger partial charge in [-0.25, -0.2) is 0 Å². The molecule has 0 unspecified atom stereocenters. The van der Waals surface area contributed by atoms with E-state index >= 15 is 0 Å². The van der Waals surface area contributed by atoms with Crippen molar-refractivity contribution in [1.82, 2.24) is 0 Å². The highest BCUT2D eigenvalue weighted by molar-refractivity contribution is 5.32. The summed E-state index contributed by atoms with van der Waals surface area (Å²) in [5, 5.41) is 0. The Morgan fingerprint density at radius 2 is 0.625 bits per heavy atom. The van der Waals surface area contributed by atoms with Gasteiger partial charge in [0.15, 0.2) is 0 Å². The van der Waals surface area contributed by atoms with Crippen LogP contribution in [0.2, 0.25) is 0 Å². The molecule has 40 heavy (non-hydrogen) atoms. The fraction of sp³-hybridized carbons (Fsp3) is 0.350. The van der Waals surface area contributed by atoms with E-state index < -0.39 is 0 Å². The molecule has 0 fully saturated rings. The van der Waals surface area contributed by atoms with Gasteiger partial charge < -0.3 is 0 Å². The Morgan fingerprint density at radius 1 is 0.350 bits per heavy atom. The van der Waals surface area contributed by atoms with Gasteiger partial charge in [0, 0.05) is 0 Å². The van der Waals surface area contributed by atoms with Gasteiger partial charge in [-0.15, -0.1) is 0 Å². The average Bonchev–Trinajstić information content (AvgIpc) is 2.86. The van der Waals surface area contributed by atoms with Crippen LogP contribution >= 0.6 is 0 Å². The third kappa shape index (κ3) is 24.9. The Kier molecular flexibility index (Phi) is 21.5. The van der Waals surface area contributed by atoms with Crippen LogP contribution in [0.5, 0.6) is 0 Å². The van der Waals surface area contributed by atoms with Crippen molar-refractivity contribution in [2.45, 2.75) is 94.9 Å². The van der Waals surface area contributed by atoms with Crippen LogP contribution in [0, 0.1) is 0 Å². The van der Waals surface area contributed by atoms with E-state index in [1.807, 2.05) is 0 Å². The summed E-state index contributed by atoms with van der Waals surface area (Å²) in [6.45, 7) is 21.5. The first-order chi connectivity index (χ1) is 19.0. The molecule has 0 nitrogen and oxygen atoms in total. The Bertz CT molecular complexity index is 1050. The van der Waals surface area contributed by atoms with Crippen LogP contribution in [0.15, 0.2) is 154 Å². The quantitative estimate of drug-likeness (QED) is 0.136. The Hall–Kier alpha value is -3.38. The molecule has 0 aromatic rings. The molecule has 0 saturated carbocycles. The van der Waals surface area contributed by atoms with Gasteiger partial charge in [0.05, 0.1) is 0 Å². The van der Waals surface area contributed by atoms with E-state index in [0.717, 1.165) is 25.7 Å². The maximum atomic E-state index is 2.30. The Labute approximate surface area is 248 Å². The van der Waals surface area contributed by atoms with Gasteiger partial charge in [0.2, 0.25) is 0 Å². The smallest absolute Gasteiger partial charge is 0.0285 e. The largest absolute Gasteiger partial charge is 0.0856 e. The minimum atomic E-state index is 1.12. The van der Waals surface area contributed by atoms with Crippen LogP contribution in [-0.2, 0) is 0 Å². The molecule has 0 spiro atoms. The molecular weight excluding hydrogens is 480 g/mol. The topological polar surface area (TPSA) is 0 Å². The lowest BCUT2D eigenvalue weighted by molar-refractivity contribution is 0.967. The molecule has 0 N–H and O–H groups in total. The van der Waals surface area contributed by atoms with Crippen LogP contribution in [0.4, 0.5) is 0 Å². The molecule has 0 aromatic carbocycles. The summed E-state index contributed by atoms with van der Waals surface area (Å²) < 4.78 is 0. The third-order valence-corrected chi connectivity index (χ3v) is 5.93. The van der Waals surface area contributed by atoms with Gasteiger partial charge in [0.1, 0.15) is 0 Å². The summed E-state index contributed by atoms with van der Waals surface area (Å²) in [6.07, 6.45) is 43.3. The molecule has 0 amide bonds. The third-order valence-electron chi connectivity index (χ3n) is 5.93. The molecule has 0 aliphatic carbocycles. The summed E-state index contributed by atoms with van der Waals surface area (Å²) in [6, 6.07) is 0. The summed E-state index contributed by atoms with van der Waals surface area (Å²) in [7, 11) is 0. The van der Waals surface area contributed by atoms with Crippen molar-refractivity contribution in [3.05, 3.63) is 154 Å². The molecule has 0 aliphatic heterocycles. The molecule has 0 aliphatic rings. The summed E-state index contributed by atoms with van der Waals surface area (Å²) >= 11 is 0. The van der Waals surface area contributed by atoms with Gasteiger partial charge in [-0.3, -0.25) is 0 Å². The molecule has 0 bridgehead atoms. The lowest BCUT2D eigenvalue weighted by Gasteiger charge is -1.96. The van der Waals surface area contributed by atoms with Gasteiger partial charge in [-0.2, -0.15) is 0 Å². The van der Waals surface area contributed by atoms with Gasteiger partial charge in [0.25, 0.3) is 0 Å². The predicted molar refractivity (Wildman–Crippen MR) is 186 cm³/mol. The first-order valence-electron chi connectivity index (χ1n) is 14.7. The van der Waals surface area contributed by atoms with E-state index in [4.69, 9.17) is 0 Å². The van der Waals surface area contributed by atoms with Crippen LogP contribution in [0.25, 0.3) is 0 Å². The van der Waals surface area contributed by atoms with Crippen molar-refractivity contribution in [2.75, 3.05) is 0 Å². The minimum Gasteiger partial charge on any atom is -0.0856 e. The zero-order valence-corrected chi connectivity index (χ0v) is 27.2. The number of hydrogen-bond acceptors (Lipinski definition) is 0. The number of allylic oxidation sites excluding steroid dienone is 26. The highest BCUT2D eigenvalue weighted by atomic mass is 13.9. The minimum absolute atomic E-state index is 1.12. The van der Waals surface area contributed by atoms with Crippen LogP contribution in [-0.4, -0.2) is 0 Å². The predicted octanol–water partition coefficient (Wildman–Crippen LogP) is 12.9.